The van der Waals surface area contributed by atoms with Crippen LogP contribution in [0, 0.1) is 0 Å². The molecule has 1 heterocycles. The summed E-state index contributed by atoms with van der Waals surface area (Å²) in [4.78, 5) is 4.36. The predicted molar refractivity (Wildman–Crippen MR) is 76.2 cm³/mol. The minimum absolute atomic E-state index is 0.201. The zero-order chi connectivity index (χ0) is 13.1. The van der Waals surface area contributed by atoms with Crippen molar-refractivity contribution in [2.24, 2.45) is 5.84 Å². The molecule has 6 heteroatoms. The molecule has 0 spiro atoms. The van der Waals surface area contributed by atoms with Crippen LogP contribution in [0.15, 0.2) is 35.1 Å². The minimum atomic E-state index is -0.201. The third-order valence-electron chi connectivity index (χ3n) is 2.78. The molecule has 2 aromatic rings. The van der Waals surface area contributed by atoms with E-state index in [1.54, 1.807) is 6.20 Å². The number of nitrogens with one attached hydrogen (secondary N) is 1. The van der Waals surface area contributed by atoms with Gasteiger partial charge in [-0.1, -0.05) is 27.5 Å². The van der Waals surface area contributed by atoms with Gasteiger partial charge in [-0.25, -0.2) is 10.4 Å². The highest BCUT2D eigenvalue weighted by Crippen LogP contribution is 2.29. The van der Waals surface area contributed by atoms with Crippen LogP contribution >= 0.6 is 27.5 Å². The summed E-state index contributed by atoms with van der Waals surface area (Å²) >= 11 is 9.55. The van der Waals surface area contributed by atoms with E-state index in [-0.39, 0.29) is 6.04 Å². The standard InChI is InChI=1S/C12H14BrClN4/c1-2-18-6-5-16-12(18)11(17-15)9-7-8(14)3-4-10(9)13/h3-7,11,17H,2,15H2,1H3. The number of halogens is 2. The van der Waals surface area contributed by atoms with Crippen LogP contribution in [0.4, 0.5) is 0 Å². The summed E-state index contributed by atoms with van der Waals surface area (Å²) in [5, 5.41) is 0.669. The number of hydrogen-bond acceptors (Lipinski definition) is 3. The number of benzene rings is 1. The normalized spacial score (nSPS) is 12.7. The van der Waals surface area contributed by atoms with Crippen molar-refractivity contribution in [3.05, 3.63) is 51.5 Å². The molecule has 0 saturated carbocycles. The maximum atomic E-state index is 6.04. The number of imidazole rings is 1. The number of aryl methyl sites for hydroxylation is 1. The van der Waals surface area contributed by atoms with E-state index in [0.29, 0.717) is 5.02 Å². The van der Waals surface area contributed by atoms with Crippen molar-refractivity contribution in [2.45, 2.75) is 19.5 Å². The second kappa shape index (κ2) is 5.84. The molecule has 0 aliphatic heterocycles. The monoisotopic (exact) mass is 328 g/mol. The molecule has 0 saturated heterocycles. The van der Waals surface area contributed by atoms with Crippen LogP contribution in [-0.2, 0) is 6.54 Å². The zero-order valence-electron chi connectivity index (χ0n) is 9.90. The number of hydrogen-bond donors (Lipinski definition) is 2. The average Bonchev–Trinajstić information content (AvgIpc) is 2.83. The number of hydrazine groups is 1. The maximum absolute atomic E-state index is 6.04. The Labute approximate surface area is 119 Å². The predicted octanol–water partition coefficient (Wildman–Crippen LogP) is 2.87. The molecular formula is C12H14BrClN4. The van der Waals surface area contributed by atoms with Gasteiger partial charge < -0.3 is 4.57 Å². The molecule has 0 radical (unpaired) electrons. The molecule has 4 nitrogen and oxygen atoms in total. The van der Waals surface area contributed by atoms with Crippen molar-refractivity contribution in [3.8, 4) is 0 Å². The molecule has 0 aliphatic rings. The second-order valence-electron chi connectivity index (χ2n) is 3.84. The van der Waals surface area contributed by atoms with E-state index in [2.05, 4.69) is 33.3 Å². The Kier molecular flexibility index (Phi) is 4.40. The van der Waals surface area contributed by atoms with Gasteiger partial charge in [0.2, 0.25) is 0 Å². The molecule has 96 valence electrons. The van der Waals surface area contributed by atoms with Crippen LogP contribution in [0.1, 0.15) is 24.4 Å². The molecule has 0 amide bonds. The zero-order valence-corrected chi connectivity index (χ0v) is 12.2. The van der Waals surface area contributed by atoms with Crippen molar-refractivity contribution in [2.75, 3.05) is 0 Å². The van der Waals surface area contributed by atoms with Gasteiger partial charge in [0.1, 0.15) is 11.9 Å². The highest BCUT2D eigenvalue weighted by Gasteiger charge is 2.20. The lowest BCUT2D eigenvalue weighted by atomic mass is 10.1. The SMILES string of the molecule is CCn1ccnc1C(NN)c1cc(Cl)ccc1Br. The van der Waals surface area contributed by atoms with Crippen molar-refractivity contribution < 1.29 is 0 Å². The molecular weight excluding hydrogens is 316 g/mol. The van der Waals surface area contributed by atoms with Gasteiger partial charge in [0.25, 0.3) is 0 Å². The number of nitrogens with two attached hydrogens (primary N) is 1. The van der Waals surface area contributed by atoms with E-state index in [4.69, 9.17) is 17.4 Å². The fourth-order valence-corrected chi connectivity index (χ4v) is 2.54. The summed E-state index contributed by atoms with van der Waals surface area (Å²) in [5.41, 5.74) is 3.76. The lowest BCUT2D eigenvalue weighted by Crippen LogP contribution is -2.31. The van der Waals surface area contributed by atoms with Crippen molar-refractivity contribution >= 4 is 27.5 Å². The van der Waals surface area contributed by atoms with Crippen LogP contribution in [0.3, 0.4) is 0 Å². The molecule has 1 unspecified atom stereocenters. The molecule has 2 rings (SSSR count). The second-order valence-corrected chi connectivity index (χ2v) is 5.13. The lowest BCUT2D eigenvalue weighted by molar-refractivity contribution is 0.559. The first-order chi connectivity index (χ1) is 8.67. The Balaban J connectivity index is 2.48. The van der Waals surface area contributed by atoms with E-state index < -0.39 is 0 Å². The van der Waals surface area contributed by atoms with Crippen LogP contribution in [-0.4, -0.2) is 9.55 Å². The largest absolute Gasteiger partial charge is 0.334 e. The summed E-state index contributed by atoms with van der Waals surface area (Å²) < 4.78 is 2.98. The molecule has 1 aromatic carbocycles. The van der Waals surface area contributed by atoms with E-state index in [0.717, 1.165) is 22.4 Å². The molecule has 18 heavy (non-hydrogen) atoms. The molecule has 0 aliphatic carbocycles. The Bertz CT molecular complexity index is 541. The smallest absolute Gasteiger partial charge is 0.131 e. The highest BCUT2D eigenvalue weighted by molar-refractivity contribution is 9.10. The van der Waals surface area contributed by atoms with Gasteiger partial charge in [0.15, 0.2) is 0 Å². The lowest BCUT2D eigenvalue weighted by Gasteiger charge is -2.18. The van der Waals surface area contributed by atoms with E-state index in [1.165, 1.54) is 0 Å². The summed E-state index contributed by atoms with van der Waals surface area (Å²) in [5.74, 6) is 6.54. The summed E-state index contributed by atoms with van der Waals surface area (Å²) in [6.45, 7) is 2.90. The number of aromatic nitrogens is 2. The van der Waals surface area contributed by atoms with E-state index in [1.807, 2.05) is 29.0 Å². The van der Waals surface area contributed by atoms with Gasteiger partial charge >= 0.3 is 0 Å². The fraction of sp³-hybridized carbons (Fsp3) is 0.250. The van der Waals surface area contributed by atoms with Gasteiger partial charge in [-0.15, -0.1) is 0 Å². The first-order valence-corrected chi connectivity index (χ1v) is 6.76. The summed E-state index contributed by atoms with van der Waals surface area (Å²) in [6, 6.07) is 5.41. The molecule has 0 bridgehead atoms. The molecule has 1 aromatic heterocycles. The van der Waals surface area contributed by atoms with Crippen molar-refractivity contribution in [1.82, 2.24) is 15.0 Å². The first-order valence-electron chi connectivity index (χ1n) is 5.59. The van der Waals surface area contributed by atoms with Gasteiger partial charge in [-0.2, -0.15) is 0 Å². The molecule has 1 atom stereocenters. The number of rotatable bonds is 4. The van der Waals surface area contributed by atoms with E-state index in [9.17, 15) is 0 Å². The third kappa shape index (κ3) is 2.59. The Morgan fingerprint density at radius 2 is 2.33 bits per heavy atom. The number of nitrogens with zero attached hydrogens (tertiary/aromatic N) is 2. The first kappa shape index (κ1) is 13.5. The van der Waals surface area contributed by atoms with Crippen molar-refractivity contribution in [1.29, 1.82) is 0 Å². The minimum Gasteiger partial charge on any atom is -0.334 e. The van der Waals surface area contributed by atoms with Gasteiger partial charge in [0.05, 0.1) is 0 Å². The summed E-state index contributed by atoms with van der Waals surface area (Å²) in [6.07, 6.45) is 3.69. The van der Waals surface area contributed by atoms with E-state index >= 15 is 0 Å². The van der Waals surface area contributed by atoms with Gasteiger partial charge in [-0.05, 0) is 30.7 Å². The third-order valence-corrected chi connectivity index (χ3v) is 3.74. The quantitative estimate of drug-likeness (QED) is 0.670. The Morgan fingerprint density at radius 1 is 1.56 bits per heavy atom. The van der Waals surface area contributed by atoms with Gasteiger partial charge in [0, 0.05) is 28.4 Å². The molecule has 0 fully saturated rings. The fourth-order valence-electron chi connectivity index (χ4n) is 1.89. The van der Waals surface area contributed by atoms with Crippen LogP contribution in [0.25, 0.3) is 0 Å². The Morgan fingerprint density at radius 3 is 3.00 bits per heavy atom. The highest BCUT2D eigenvalue weighted by atomic mass is 79.9. The van der Waals surface area contributed by atoms with Crippen LogP contribution in [0.5, 0.6) is 0 Å². The average molecular weight is 330 g/mol. The van der Waals surface area contributed by atoms with Crippen LogP contribution < -0.4 is 11.3 Å². The molecule has 3 N–H and O–H groups in total. The Hall–Kier alpha value is -0.880. The van der Waals surface area contributed by atoms with Crippen molar-refractivity contribution in [3.63, 3.8) is 0 Å². The topological polar surface area (TPSA) is 55.9 Å². The van der Waals surface area contributed by atoms with Gasteiger partial charge in [-0.3, -0.25) is 5.84 Å². The maximum Gasteiger partial charge on any atom is 0.131 e. The summed E-state index contributed by atoms with van der Waals surface area (Å²) in [7, 11) is 0. The van der Waals surface area contributed by atoms with Crippen LogP contribution in [0.2, 0.25) is 5.02 Å².